The van der Waals surface area contributed by atoms with E-state index in [1.807, 2.05) is 4.90 Å². The van der Waals surface area contributed by atoms with Crippen LogP contribution in [0.4, 0.5) is 4.39 Å². The highest BCUT2D eigenvalue weighted by Crippen LogP contribution is 2.27. The first-order valence-corrected chi connectivity index (χ1v) is 9.10. The molecule has 0 bridgehead atoms. The maximum Gasteiger partial charge on any atom is 0.222 e. The highest BCUT2D eigenvalue weighted by Gasteiger charge is 2.29. The Kier molecular flexibility index (Phi) is 5.74. The van der Waals surface area contributed by atoms with Crippen LogP contribution in [0.5, 0.6) is 0 Å². The highest BCUT2D eigenvalue weighted by molar-refractivity contribution is 6.31. The van der Waals surface area contributed by atoms with E-state index in [2.05, 4.69) is 4.90 Å². The number of rotatable bonds is 4. The van der Waals surface area contributed by atoms with Crippen LogP contribution in [0, 0.1) is 11.7 Å². The Hall–Kier alpha value is -1.17. The Balaban J connectivity index is 1.47. The minimum Gasteiger partial charge on any atom is -0.340 e. The number of nitrogens with zero attached hydrogens (tertiary/aromatic N) is 2. The Bertz CT molecular complexity index is 590. The van der Waals surface area contributed by atoms with Crippen LogP contribution in [0.15, 0.2) is 18.2 Å². The lowest BCUT2D eigenvalue weighted by Gasteiger charge is -2.35. The molecular weight excluding hydrogens is 329 g/mol. The Morgan fingerprint density at radius 3 is 2.62 bits per heavy atom. The molecule has 3 rings (SSSR count). The van der Waals surface area contributed by atoms with Gasteiger partial charge in [0.2, 0.25) is 5.91 Å². The maximum absolute atomic E-state index is 13.1. The number of piperazine rings is 1. The van der Waals surface area contributed by atoms with E-state index in [1.165, 1.54) is 12.1 Å². The fraction of sp³-hybridized carbons (Fsp3) is 0.611. The molecule has 1 saturated carbocycles. The first-order valence-electron chi connectivity index (χ1n) is 8.72. The van der Waals surface area contributed by atoms with Crippen LogP contribution < -0.4 is 5.73 Å². The zero-order chi connectivity index (χ0) is 17.1. The predicted octanol–water partition coefficient (Wildman–Crippen LogP) is 2.64. The van der Waals surface area contributed by atoms with Crippen molar-refractivity contribution in [2.24, 2.45) is 11.7 Å². The summed E-state index contributed by atoms with van der Waals surface area (Å²) in [7, 11) is 0. The average Bonchev–Trinajstić information content (AvgIpc) is 2.96. The van der Waals surface area contributed by atoms with Gasteiger partial charge >= 0.3 is 0 Å². The molecule has 1 aliphatic heterocycles. The van der Waals surface area contributed by atoms with E-state index in [0.717, 1.165) is 51.0 Å². The van der Waals surface area contributed by atoms with Crippen LogP contribution in [0.2, 0.25) is 5.02 Å². The van der Waals surface area contributed by atoms with Gasteiger partial charge in [0.1, 0.15) is 5.82 Å². The molecule has 2 fully saturated rings. The molecule has 1 aromatic rings. The molecule has 6 heteroatoms. The Morgan fingerprint density at radius 1 is 1.25 bits per heavy atom. The number of carbonyl (C=O) groups excluding carboxylic acids is 1. The van der Waals surface area contributed by atoms with Crippen LogP contribution >= 0.6 is 11.6 Å². The van der Waals surface area contributed by atoms with Crippen LogP contribution in [-0.2, 0) is 11.3 Å². The van der Waals surface area contributed by atoms with Crippen LogP contribution in [0.3, 0.4) is 0 Å². The van der Waals surface area contributed by atoms with Gasteiger partial charge in [0.15, 0.2) is 0 Å². The monoisotopic (exact) mass is 353 g/mol. The summed E-state index contributed by atoms with van der Waals surface area (Å²) in [6.07, 6.45) is 3.86. The first kappa shape index (κ1) is 17.6. The second kappa shape index (κ2) is 7.81. The fourth-order valence-electron chi connectivity index (χ4n) is 3.72. The molecule has 1 aromatic carbocycles. The average molecular weight is 354 g/mol. The smallest absolute Gasteiger partial charge is 0.222 e. The molecule has 2 N–H and O–H groups in total. The highest BCUT2D eigenvalue weighted by atomic mass is 35.5. The van der Waals surface area contributed by atoms with Crippen molar-refractivity contribution < 1.29 is 9.18 Å². The SMILES string of the molecule is N[C@@H]1CCC[C@H]1CC(=O)N1CCN(Cc2ccc(F)cc2Cl)CC1. The van der Waals surface area contributed by atoms with Crippen molar-refractivity contribution in [3.05, 3.63) is 34.6 Å². The van der Waals surface area contributed by atoms with E-state index in [1.54, 1.807) is 6.07 Å². The van der Waals surface area contributed by atoms with Crippen molar-refractivity contribution in [1.82, 2.24) is 9.80 Å². The fourth-order valence-corrected chi connectivity index (χ4v) is 3.95. The van der Waals surface area contributed by atoms with Crippen LogP contribution in [0.25, 0.3) is 0 Å². The largest absolute Gasteiger partial charge is 0.340 e. The standard InChI is InChI=1S/C18H25ClFN3O/c19-16-11-15(20)5-4-14(16)12-22-6-8-23(9-7-22)18(24)10-13-2-1-3-17(13)21/h4-5,11,13,17H,1-3,6-10,12,21H2/t13-,17+/m0/s1. The third-order valence-corrected chi connectivity index (χ3v) is 5.64. The van der Waals surface area contributed by atoms with Gasteiger partial charge in [0, 0.05) is 50.2 Å². The van der Waals surface area contributed by atoms with E-state index < -0.39 is 0 Å². The molecular formula is C18H25ClFN3O. The van der Waals surface area contributed by atoms with Gasteiger partial charge in [-0.25, -0.2) is 4.39 Å². The van der Waals surface area contributed by atoms with Crippen molar-refractivity contribution in [2.75, 3.05) is 26.2 Å². The van der Waals surface area contributed by atoms with Gasteiger partial charge < -0.3 is 10.6 Å². The molecule has 4 nitrogen and oxygen atoms in total. The topological polar surface area (TPSA) is 49.6 Å². The van der Waals surface area contributed by atoms with Gasteiger partial charge in [0.05, 0.1) is 0 Å². The molecule has 1 aliphatic carbocycles. The number of amides is 1. The van der Waals surface area contributed by atoms with Crippen LogP contribution in [0.1, 0.15) is 31.2 Å². The molecule has 2 aliphatic rings. The molecule has 1 amide bonds. The summed E-state index contributed by atoms with van der Waals surface area (Å²) >= 11 is 6.09. The second-order valence-corrected chi connectivity index (χ2v) is 7.36. The van der Waals surface area contributed by atoms with Crippen molar-refractivity contribution in [3.63, 3.8) is 0 Å². The lowest BCUT2D eigenvalue weighted by Crippen LogP contribution is -2.49. The minimum absolute atomic E-state index is 0.191. The molecule has 132 valence electrons. The predicted molar refractivity (Wildman–Crippen MR) is 93.2 cm³/mol. The summed E-state index contributed by atoms with van der Waals surface area (Å²) in [6, 6.07) is 4.71. The summed E-state index contributed by atoms with van der Waals surface area (Å²) in [5.41, 5.74) is 7.00. The number of benzene rings is 1. The second-order valence-electron chi connectivity index (χ2n) is 6.95. The zero-order valence-electron chi connectivity index (χ0n) is 13.9. The summed E-state index contributed by atoms with van der Waals surface area (Å²) < 4.78 is 13.1. The summed E-state index contributed by atoms with van der Waals surface area (Å²) in [4.78, 5) is 16.7. The summed E-state index contributed by atoms with van der Waals surface area (Å²) in [5, 5.41) is 0.462. The molecule has 1 heterocycles. The van der Waals surface area contributed by atoms with E-state index in [-0.39, 0.29) is 17.8 Å². The van der Waals surface area contributed by atoms with E-state index in [0.29, 0.717) is 23.9 Å². The third kappa shape index (κ3) is 4.26. The summed E-state index contributed by atoms with van der Waals surface area (Å²) in [6.45, 7) is 3.79. The van der Waals surface area contributed by atoms with Crippen molar-refractivity contribution in [1.29, 1.82) is 0 Å². The van der Waals surface area contributed by atoms with Gasteiger partial charge in [-0.2, -0.15) is 0 Å². The Labute approximate surface area is 147 Å². The summed E-state index contributed by atoms with van der Waals surface area (Å²) in [5.74, 6) is 0.273. The van der Waals surface area contributed by atoms with Gasteiger partial charge in [-0.15, -0.1) is 0 Å². The van der Waals surface area contributed by atoms with Gasteiger partial charge in [-0.05, 0) is 36.5 Å². The maximum atomic E-state index is 13.1. The number of hydrogen-bond donors (Lipinski definition) is 1. The first-order chi connectivity index (χ1) is 11.5. The van der Waals surface area contributed by atoms with Crippen molar-refractivity contribution in [2.45, 2.75) is 38.3 Å². The van der Waals surface area contributed by atoms with Gasteiger partial charge in [0.25, 0.3) is 0 Å². The van der Waals surface area contributed by atoms with Gasteiger partial charge in [-0.3, -0.25) is 9.69 Å². The molecule has 24 heavy (non-hydrogen) atoms. The van der Waals surface area contributed by atoms with Crippen LogP contribution in [-0.4, -0.2) is 47.9 Å². The normalized spacial score (nSPS) is 25.2. The van der Waals surface area contributed by atoms with Crippen molar-refractivity contribution in [3.8, 4) is 0 Å². The number of nitrogens with two attached hydrogens (primary N) is 1. The molecule has 0 aromatic heterocycles. The van der Waals surface area contributed by atoms with E-state index in [9.17, 15) is 9.18 Å². The molecule has 1 saturated heterocycles. The minimum atomic E-state index is -0.315. The van der Waals surface area contributed by atoms with Crippen molar-refractivity contribution >= 4 is 17.5 Å². The van der Waals surface area contributed by atoms with E-state index in [4.69, 9.17) is 17.3 Å². The molecule has 0 unspecified atom stereocenters. The lowest BCUT2D eigenvalue weighted by atomic mass is 9.99. The molecule has 0 radical (unpaired) electrons. The number of halogens is 2. The lowest BCUT2D eigenvalue weighted by molar-refractivity contribution is -0.134. The zero-order valence-corrected chi connectivity index (χ0v) is 14.6. The quantitative estimate of drug-likeness (QED) is 0.905. The number of hydrogen-bond acceptors (Lipinski definition) is 3. The number of carbonyl (C=O) groups is 1. The molecule has 0 spiro atoms. The Morgan fingerprint density at radius 2 is 2.00 bits per heavy atom. The van der Waals surface area contributed by atoms with E-state index >= 15 is 0 Å². The van der Waals surface area contributed by atoms with Gasteiger partial charge in [-0.1, -0.05) is 24.1 Å². The molecule has 2 atom stereocenters. The third-order valence-electron chi connectivity index (χ3n) is 5.29.